The highest BCUT2D eigenvalue weighted by molar-refractivity contribution is 7.99. The van der Waals surface area contributed by atoms with Crippen LogP contribution in [-0.2, 0) is 4.79 Å². The van der Waals surface area contributed by atoms with Gasteiger partial charge in [-0.15, -0.1) is 0 Å². The molecule has 1 aromatic heterocycles. The van der Waals surface area contributed by atoms with Crippen molar-refractivity contribution in [3.63, 3.8) is 0 Å². The summed E-state index contributed by atoms with van der Waals surface area (Å²) in [6, 6.07) is 20.8. The molecule has 4 rings (SSSR count). The number of aromatic nitrogens is 2. The number of para-hydroxylation sites is 1. The standard InChI is InChI=1S/C25H22N4O4S/c1-2-33-20-12-10-18(11-13-20)29-24(32)21-8-3-4-9-22(21)27-25(29)34-16-23(31)28-26-15-17-6-5-7-19(30)14-17/h3-15,30H,2,16H2,1H3,(H,28,31). The van der Waals surface area contributed by atoms with Crippen LogP contribution in [0.4, 0.5) is 0 Å². The first-order chi connectivity index (χ1) is 16.5. The molecule has 0 atom stereocenters. The number of amides is 1. The molecular weight excluding hydrogens is 452 g/mol. The molecule has 3 aromatic carbocycles. The average Bonchev–Trinajstić information content (AvgIpc) is 2.84. The van der Waals surface area contributed by atoms with Gasteiger partial charge in [-0.1, -0.05) is 36.0 Å². The number of aromatic hydroxyl groups is 1. The lowest BCUT2D eigenvalue weighted by molar-refractivity contribution is -0.118. The number of rotatable bonds is 8. The summed E-state index contributed by atoms with van der Waals surface area (Å²) in [6.07, 6.45) is 1.44. The van der Waals surface area contributed by atoms with Crippen LogP contribution in [0.25, 0.3) is 16.6 Å². The Morgan fingerprint density at radius 1 is 1.15 bits per heavy atom. The summed E-state index contributed by atoms with van der Waals surface area (Å²) >= 11 is 1.14. The molecule has 4 aromatic rings. The van der Waals surface area contributed by atoms with Gasteiger partial charge in [-0.2, -0.15) is 5.10 Å². The van der Waals surface area contributed by atoms with Crippen LogP contribution in [0.1, 0.15) is 12.5 Å². The Bertz CT molecular complexity index is 1400. The Morgan fingerprint density at radius 2 is 1.94 bits per heavy atom. The van der Waals surface area contributed by atoms with Gasteiger partial charge in [0.15, 0.2) is 5.16 Å². The van der Waals surface area contributed by atoms with Gasteiger partial charge in [0.2, 0.25) is 0 Å². The van der Waals surface area contributed by atoms with Crippen molar-refractivity contribution in [3.8, 4) is 17.2 Å². The number of hydrogen-bond donors (Lipinski definition) is 2. The Hall–Kier alpha value is -4.11. The molecule has 34 heavy (non-hydrogen) atoms. The molecule has 0 radical (unpaired) electrons. The van der Waals surface area contributed by atoms with E-state index in [2.05, 4.69) is 15.5 Å². The van der Waals surface area contributed by atoms with Gasteiger partial charge < -0.3 is 9.84 Å². The zero-order chi connectivity index (χ0) is 23.9. The van der Waals surface area contributed by atoms with Gasteiger partial charge in [0, 0.05) is 0 Å². The van der Waals surface area contributed by atoms with Gasteiger partial charge in [0.1, 0.15) is 11.5 Å². The summed E-state index contributed by atoms with van der Waals surface area (Å²) in [5.41, 5.74) is 4.05. The number of hydrogen-bond acceptors (Lipinski definition) is 7. The molecule has 0 bridgehead atoms. The van der Waals surface area contributed by atoms with Crippen LogP contribution < -0.4 is 15.7 Å². The normalized spacial score (nSPS) is 11.1. The molecule has 8 nitrogen and oxygen atoms in total. The lowest BCUT2D eigenvalue weighted by Crippen LogP contribution is -2.24. The average molecular weight is 475 g/mol. The van der Waals surface area contributed by atoms with E-state index in [4.69, 9.17) is 4.74 Å². The Morgan fingerprint density at radius 3 is 2.71 bits per heavy atom. The maximum Gasteiger partial charge on any atom is 0.266 e. The van der Waals surface area contributed by atoms with E-state index >= 15 is 0 Å². The molecule has 0 aliphatic heterocycles. The highest BCUT2D eigenvalue weighted by Gasteiger charge is 2.15. The van der Waals surface area contributed by atoms with Crippen molar-refractivity contribution >= 4 is 34.8 Å². The highest BCUT2D eigenvalue weighted by atomic mass is 32.2. The minimum Gasteiger partial charge on any atom is -0.508 e. The first-order valence-corrected chi connectivity index (χ1v) is 11.5. The largest absolute Gasteiger partial charge is 0.508 e. The summed E-state index contributed by atoms with van der Waals surface area (Å²) in [7, 11) is 0. The molecule has 0 aliphatic rings. The predicted octanol–water partition coefficient (Wildman–Crippen LogP) is 3.73. The van der Waals surface area contributed by atoms with Gasteiger partial charge in [0.05, 0.1) is 35.2 Å². The molecule has 0 saturated heterocycles. The third-order valence-electron chi connectivity index (χ3n) is 4.76. The molecule has 1 heterocycles. The third-order valence-corrected chi connectivity index (χ3v) is 5.69. The van der Waals surface area contributed by atoms with Crippen LogP contribution >= 0.6 is 11.8 Å². The lowest BCUT2D eigenvalue weighted by atomic mass is 10.2. The molecule has 9 heteroatoms. The number of fused-ring (bicyclic) bond motifs is 1. The van der Waals surface area contributed by atoms with Crippen LogP contribution in [0.5, 0.6) is 11.5 Å². The number of phenolic OH excluding ortho intramolecular Hbond substituents is 1. The van der Waals surface area contributed by atoms with Gasteiger partial charge in [-0.3, -0.25) is 14.2 Å². The van der Waals surface area contributed by atoms with E-state index in [-0.39, 0.29) is 23.0 Å². The number of thioether (sulfide) groups is 1. The number of nitrogens with one attached hydrogen (secondary N) is 1. The van der Waals surface area contributed by atoms with Gasteiger partial charge in [-0.25, -0.2) is 10.4 Å². The molecule has 0 saturated carbocycles. The molecule has 0 spiro atoms. The number of ether oxygens (including phenoxy) is 1. The molecule has 0 unspecified atom stereocenters. The summed E-state index contributed by atoms with van der Waals surface area (Å²) in [5, 5.41) is 14.3. The second-order valence-corrected chi connectivity index (χ2v) is 8.10. The number of nitrogens with zero attached hydrogens (tertiary/aromatic N) is 3. The van der Waals surface area contributed by atoms with E-state index in [0.717, 1.165) is 11.8 Å². The summed E-state index contributed by atoms with van der Waals surface area (Å²) < 4.78 is 6.99. The van der Waals surface area contributed by atoms with Crippen molar-refractivity contribution in [2.75, 3.05) is 12.4 Å². The van der Waals surface area contributed by atoms with E-state index in [9.17, 15) is 14.7 Å². The van der Waals surface area contributed by atoms with Crippen molar-refractivity contribution < 1.29 is 14.6 Å². The second kappa shape index (κ2) is 10.7. The van der Waals surface area contributed by atoms with Crippen molar-refractivity contribution in [2.45, 2.75) is 12.1 Å². The smallest absolute Gasteiger partial charge is 0.266 e. The molecule has 0 aliphatic carbocycles. The van der Waals surface area contributed by atoms with Crippen LogP contribution in [0.15, 0.2) is 87.8 Å². The predicted molar refractivity (Wildman–Crippen MR) is 133 cm³/mol. The zero-order valence-corrected chi connectivity index (χ0v) is 19.2. The van der Waals surface area contributed by atoms with Crippen molar-refractivity contribution in [3.05, 3.63) is 88.7 Å². The van der Waals surface area contributed by atoms with E-state index in [1.165, 1.54) is 16.8 Å². The molecule has 2 N–H and O–H groups in total. The van der Waals surface area contributed by atoms with E-state index < -0.39 is 0 Å². The van der Waals surface area contributed by atoms with Crippen LogP contribution in [0, 0.1) is 0 Å². The Kier molecular flexibility index (Phi) is 7.24. The molecule has 0 fully saturated rings. The van der Waals surface area contributed by atoms with Crippen LogP contribution in [0.2, 0.25) is 0 Å². The van der Waals surface area contributed by atoms with Crippen molar-refractivity contribution in [1.29, 1.82) is 0 Å². The summed E-state index contributed by atoms with van der Waals surface area (Å²) in [4.78, 5) is 30.3. The molecular formula is C25H22N4O4S. The minimum atomic E-state index is -0.359. The zero-order valence-electron chi connectivity index (χ0n) is 18.3. The highest BCUT2D eigenvalue weighted by Crippen LogP contribution is 2.23. The number of carbonyl (C=O) groups is 1. The monoisotopic (exact) mass is 474 g/mol. The van der Waals surface area contributed by atoms with Crippen LogP contribution in [-0.4, -0.2) is 39.1 Å². The number of phenols is 1. The van der Waals surface area contributed by atoms with Crippen LogP contribution in [0.3, 0.4) is 0 Å². The second-order valence-electron chi connectivity index (χ2n) is 7.16. The maximum atomic E-state index is 13.3. The van der Waals surface area contributed by atoms with Gasteiger partial charge in [-0.05, 0) is 61.0 Å². The first-order valence-electron chi connectivity index (χ1n) is 10.5. The van der Waals surface area contributed by atoms with Crippen molar-refractivity contribution in [1.82, 2.24) is 15.0 Å². The van der Waals surface area contributed by atoms with Gasteiger partial charge >= 0.3 is 0 Å². The summed E-state index contributed by atoms with van der Waals surface area (Å²) in [6.45, 7) is 2.44. The Labute approximate surface area is 199 Å². The number of benzene rings is 3. The fourth-order valence-corrected chi connectivity index (χ4v) is 4.05. The summed E-state index contributed by atoms with van der Waals surface area (Å²) in [5.74, 6) is 0.452. The Balaban J connectivity index is 1.56. The minimum absolute atomic E-state index is 0.000804. The fourth-order valence-electron chi connectivity index (χ4n) is 3.24. The van der Waals surface area contributed by atoms with E-state index in [0.29, 0.717) is 39.7 Å². The topological polar surface area (TPSA) is 106 Å². The number of hydrazone groups is 1. The number of carbonyl (C=O) groups excluding carboxylic acids is 1. The SMILES string of the molecule is CCOc1ccc(-n2c(SCC(=O)NN=Cc3cccc(O)c3)nc3ccccc3c2=O)cc1. The first kappa shape index (κ1) is 23.1. The van der Waals surface area contributed by atoms with Crippen molar-refractivity contribution in [2.24, 2.45) is 5.10 Å². The molecule has 172 valence electrons. The van der Waals surface area contributed by atoms with E-state index in [1.54, 1.807) is 60.7 Å². The maximum absolute atomic E-state index is 13.3. The van der Waals surface area contributed by atoms with Gasteiger partial charge in [0.25, 0.3) is 11.5 Å². The van der Waals surface area contributed by atoms with E-state index in [1.807, 2.05) is 13.0 Å². The fraction of sp³-hybridized carbons (Fsp3) is 0.120. The lowest BCUT2D eigenvalue weighted by Gasteiger charge is -2.13. The molecule has 1 amide bonds. The third kappa shape index (κ3) is 5.44. The quantitative estimate of drug-likeness (QED) is 0.174.